The summed E-state index contributed by atoms with van der Waals surface area (Å²) < 4.78 is 67.8. The van der Waals surface area contributed by atoms with Crippen LogP contribution in [0, 0.1) is 17.5 Å². The van der Waals surface area contributed by atoms with E-state index in [-0.39, 0.29) is 62.2 Å². The molecule has 22 heteroatoms. The number of carbonyl (C=O) groups excluding carboxylic acids is 2. The molecule has 0 unspecified atom stereocenters. The number of aromatic hydroxyl groups is 2. The number of rotatable bonds is 17. The average Bonchev–Trinajstić information content (AvgIpc) is 3.51. The number of nitrogens with zero attached hydrogens (tertiary/aromatic N) is 2. The van der Waals surface area contributed by atoms with Gasteiger partial charge in [-0.2, -0.15) is 0 Å². The quantitative estimate of drug-likeness (QED) is 0.0490. The molecule has 0 saturated heterocycles. The van der Waals surface area contributed by atoms with Gasteiger partial charge in [-0.1, -0.05) is 12.1 Å². The van der Waals surface area contributed by atoms with Gasteiger partial charge in [0.2, 0.25) is 0 Å². The molecule has 5 aromatic carbocycles. The average molecular weight is 904 g/mol. The highest BCUT2D eigenvalue weighted by molar-refractivity contribution is 6.07. The van der Waals surface area contributed by atoms with Crippen molar-refractivity contribution in [2.24, 2.45) is 0 Å². The van der Waals surface area contributed by atoms with Crippen LogP contribution < -0.4 is 29.3 Å². The van der Waals surface area contributed by atoms with Gasteiger partial charge in [-0.3, -0.25) is 24.0 Å². The summed E-state index contributed by atoms with van der Waals surface area (Å²) in [6.45, 7) is -4.30. The van der Waals surface area contributed by atoms with Crippen LogP contribution in [-0.2, 0) is 29.5 Å². The Morgan fingerprint density at radius 2 is 1.18 bits per heavy atom. The maximum absolute atomic E-state index is 15.0. The number of para-hydroxylation sites is 1. The molecule has 5 aromatic rings. The maximum Gasteiger partial charge on any atom is 0.340 e. The molecule has 0 saturated carbocycles. The molecule has 0 atom stereocenters. The lowest BCUT2D eigenvalue weighted by atomic mass is 9.77. The number of nitrogens with one attached hydrogen (secondary N) is 1. The Balaban J connectivity index is 1.18. The summed E-state index contributed by atoms with van der Waals surface area (Å²) in [5.41, 5.74) is -3.30. The number of hydrogen-bond acceptors (Lipinski definition) is 14. The predicted octanol–water partition coefficient (Wildman–Crippen LogP) is 4.74. The molecule has 1 amide bonds. The zero-order chi connectivity index (χ0) is 46.9. The Labute approximate surface area is 362 Å². The van der Waals surface area contributed by atoms with Crippen LogP contribution in [0.2, 0.25) is 0 Å². The topological polar surface area (TPSA) is 279 Å². The highest BCUT2D eigenvalue weighted by Crippen LogP contribution is 2.57. The molecule has 0 aliphatic carbocycles. The summed E-state index contributed by atoms with van der Waals surface area (Å²) in [5.74, 6) is -13.4. The second-order valence-electron chi connectivity index (χ2n) is 14.2. The Bertz CT molecular complexity index is 2730. The Morgan fingerprint density at radius 1 is 0.631 bits per heavy atom. The minimum Gasteiger partial charge on any atom is -0.505 e. The molecular formula is C43H32F3N3O16. The van der Waals surface area contributed by atoms with Crippen molar-refractivity contribution in [2.45, 2.75) is 5.60 Å². The Kier molecular flexibility index (Phi) is 12.0. The highest BCUT2D eigenvalue weighted by atomic mass is 19.1. The van der Waals surface area contributed by atoms with Crippen molar-refractivity contribution in [3.05, 3.63) is 124 Å². The van der Waals surface area contributed by atoms with Gasteiger partial charge in [-0.05, 0) is 48.5 Å². The summed E-state index contributed by atoms with van der Waals surface area (Å²) in [5, 5.41) is 60.5. The van der Waals surface area contributed by atoms with Crippen molar-refractivity contribution in [2.75, 3.05) is 54.5 Å². The standard InChI is InChI=1S/C43H32F3N3O16/c44-26-2-1-3-32(40(26)49(18-38(56)57)19-39(58)59)62-8-9-63-35-11-21(5-7-29(35)48(16-36(52)53)17-37(54)55)47-41(60)20-4-6-23-22(10-20)42(61)65-43(23)24-12-27(45)30(50)14-33(24)64-34-15-31(51)28(46)13-25(34)43/h1-7,10-15,50-51H,8-9,16-19H2,(H,47,60)(H,52,53)(H,54,55)(H,56,57)(H,58,59). The normalized spacial score (nSPS) is 12.8. The Hall–Kier alpha value is -8.69. The van der Waals surface area contributed by atoms with Crippen LogP contribution in [0.5, 0.6) is 34.5 Å². The highest BCUT2D eigenvalue weighted by Gasteiger charge is 2.54. The fourth-order valence-electron chi connectivity index (χ4n) is 7.37. The molecule has 0 fully saturated rings. The first kappa shape index (κ1) is 44.4. The van der Waals surface area contributed by atoms with Gasteiger partial charge in [0, 0.05) is 35.0 Å². The lowest BCUT2D eigenvalue weighted by Crippen LogP contribution is -2.35. The van der Waals surface area contributed by atoms with Gasteiger partial charge in [0.1, 0.15) is 73.9 Å². The summed E-state index contributed by atoms with van der Waals surface area (Å²) >= 11 is 0. The number of aliphatic carboxylic acids is 4. The molecule has 2 aliphatic rings. The number of ether oxygens (including phenoxy) is 4. The monoisotopic (exact) mass is 903 g/mol. The van der Waals surface area contributed by atoms with Crippen LogP contribution in [0.15, 0.2) is 78.9 Å². The molecule has 7 rings (SSSR count). The van der Waals surface area contributed by atoms with E-state index >= 15 is 0 Å². The number of carbonyl (C=O) groups is 6. The van der Waals surface area contributed by atoms with Crippen LogP contribution >= 0.6 is 0 Å². The molecule has 65 heavy (non-hydrogen) atoms. The number of esters is 1. The van der Waals surface area contributed by atoms with Gasteiger partial charge in [0.05, 0.1) is 22.4 Å². The third-order valence-electron chi connectivity index (χ3n) is 9.93. The largest absolute Gasteiger partial charge is 0.505 e. The third kappa shape index (κ3) is 8.84. The minimum absolute atomic E-state index is 0.0111. The van der Waals surface area contributed by atoms with Gasteiger partial charge < -0.3 is 64.7 Å². The van der Waals surface area contributed by atoms with E-state index in [2.05, 4.69) is 5.32 Å². The number of carboxylic acids is 4. The van der Waals surface area contributed by atoms with E-state index in [1.165, 1.54) is 42.5 Å². The zero-order valence-corrected chi connectivity index (χ0v) is 33.0. The first-order valence-electron chi connectivity index (χ1n) is 18.8. The number of hydrogen-bond donors (Lipinski definition) is 7. The van der Waals surface area contributed by atoms with E-state index in [0.29, 0.717) is 0 Å². The number of phenols is 2. The number of carboxylic acid groups (broad SMARTS) is 4. The van der Waals surface area contributed by atoms with E-state index in [4.69, 9.17) is 18.9 Å². The summed E-state index contributed by atoms with van der Waals surface area (Å²) in [4.78, 5) is 75.4. The molecule has 19 nitrogen and oxygen atoms in total. The van der Waals surface area contributed by atoms with Gasteiger partial charge in [0.25, 0.3) is 5.91 Å². The fourth-order valence-corrected chi connectivity index (χ4v) is 7.37. The van der Waals surface area contributed by atoms with Gasteiger partial charge in [-0.25, -0.2) is 18.0 Å². The molecule has 336 valence electrons. The fraction of sp³-hybridized carbons (Fsp3) is 0.163. The van der Waals surface area contributed by atoms with Crippen molar-refractivity contribution in [1.29, 1.82) is 0 Å². The molecule has 2 heterocycles. The number of fused-ring (bicyclic) bond motifs is 6. The van der Waals surface area contributed by atoms with Gasteiger partial charge in [0.15, 0.2) is 28.7 Å². The maximum atomic E-state index is 15.0. The molecule has 0 aromatic heterocycles. The summed E-state index contributed by atoms with van der Waals surface area (Å²) in [6, 6.07) is 14.4. The number of phenolic OH excluding ortho intramolecular Hbond substituents is 2. The van der Waals surface area contributed by atoms with Gasteiger partial charge in [-0.15, -0.1) is 0 Å². The molecule has 7 N–H and O–H groups in total. The van der Waals surface area contributed by atoms with E-state index in [0.717, 1.165) is 46.2 Å². The molecule has 0 radical (unpaired) electrons. The van der Waals surface area contributed by atoms with E-state index < -0.39 is 115 Å². The summed E-state index contributed by atoms with van der Waals surface area (Å²) in [6.07, 6.45) is 0. The number of halogens is 3. The van der Waals surface area contributed by atoms with Crippen LogP contribution in [0.4, 0.5) is 30.2 Å². The van der Waals surface area contributed by atoms with E-state index in [1.807, 2.05) is 0 Å². The molecule has 0 bridgehead atoms. The van der Waals surface area contributed by atoms with Crippen molar-refractivity contribution in [3.8, 4) is 34.5 Å². The number of amides is 1. The first-order chi connectivity index (χ1) is 30.9. The molecule has 2 aliphatic heterocycles. The zero-order valence-electron chi connectivity index (χ0n) is 33.0. The molecular weight excluding hydrogens is 871 g/mol. The van der Waals surface area contributed by atoms with Gasteiger partial charge >= 0.3 is 29.8 Å². The van der Waals surface area contributed by atoms with Crippen molar-refractivity contribution < 1.29 is 91.5 Å². The van der Waals surface area contributed by atoms with E-state index in [1.54, 1.807) is 0 Å². The second-order valence-corrected chi connectivity index (χ2v) is 14.2. The predicted molar refractivity (Wildman–Crippen MR) is 215 cm³/mol. The van der Waals surface area contributed by atoms with Crippen LogP contribution in [0.3, 0.4) is 0 Å². The van der Waals surface area contributed by atoms with Crippen molar-refractivity contribution in [3.63, 3.8) is 0 Å². The van der Waals surface area contributed by atoms with Crippen LogP contribution in [0.25, 0.3) is 0 Å². The smallest absolute Gasteiger partial charge is 0.340 e. The lowest BCUT2D eigenvalue weighted by molar-refractivity contribution is -0.138. The number of anilines is 3. The Morgan fingerprint density at radius 3 is 1.75 bits per heavy atom. The molecule has 1 spiro atoms. The lowest BCUT2D eigenvalue weighted by Gasteiger charge is -2.36. The van der Waals surface area contributed by atoms with Crippen LogP contribution in [0.1, 0.15) is 37.4 Å². The van der Waals surface area contributed by atoms with Crippen molar-refractivity contribution >= 4 is 52.8 Å². The SMILES string of the molecule is O=C(O)CN(CC(=O)O)c1ccc(NC(=O)c2ccc3c(c2)C(=O)OC32c3cc(F)c(O)cc3Oc3cc(O)c(F)cc32)cc1OCCOc1cccc(F)c1N(CC(=O)O)CC(=O)O. The minimum atomic E-state index is -2.08. The van der Waals surface area contributed by atoms with Crippen molar-refractivity contribution in [1.82, 2.24) is 0 Å². The van der Waals surface area contributed by atoms with E-state index in [9.17, 15) is 72.6 Å². The third-order valence-corrected chi connectivity index (χ3v) is 9.93. The van der Waals surface area contributed by atoms with Crippen LogP contribution in [-0.4, -0.2) is 106 Å². The first-order valence-corrected chi connectivity index (χ1v) is 18.8. The second kappa shape index (κ2) is 17.6. The summed E-state index contributed by atoms with van der Waals surface area (Å²) in [7, 11) is 0. The number of benzene rings is 5.